The molecule has 6 nitrogen and oxygen atoms in total. The third-order valence-corrected chi connectivity index (χ3v) is 6.79. The Morgan fingerprint density at radius 1 is 1.03 bits per heavy atom. The van der Waals surface area contributed by atoms with Crippen molar-refractivity contribution in [2.75, 3.05) is 63.1 Å². The largest absolute Gasteiger partial charge is 0.369 e. The molecule has 2 saturated heterocycles. The number of benzene rings is 1. The van der Waals surface area contributed by atoms with Gasteiger partial charge in [-0.05, 0) is 62.9 Å². The zero-order valence-corrected chi connectivity index (χ0v) is 18.1. The van der Waals surface area contributed by atoms with Crippen molar-refractivity contribution in [1.29, 1.82) is 0 Å². The van der Waals surface area contributed by atoms with E-state index in [0.717, 1.165) is 57.3 Å². The van der Waals surface area contributed by atoms with Crippen LogP contribution in [0.3, 0.4) is 0 Å². The number of nitrogens with one attached hydrogen (secondary N) is 2. The topological polar surface area (TPSA) is 50.9 Å². The van der Waals surface area contributed by atoms with Crippen molar-refractivity contribution in [3.05, 3.63) is 23.8 Å². The molecule has 1 aromatic carbocycles. The minimum absolute atomic E-state index is 0.0763. The van der Waals surface area contributed by atoms with Crippen LogP contribution in [0.2, 0.25) is 0 Å². The number of likely N-dealkylation sites (tertiary alicyclic amines) is 1. The number of rotatable bonds is 5. The standard InChI is InChI=1S/C23H37N5O/c1-18-13-21(15-22(14-18)28-11-9-26(2)10-12-28)25-23(29)24-20-7-8-27(17-20)16-19-5-3-4-6-19/h13-15,19-20H,3-12,16-17H2,1-2H3,(H2,24,25,29)/t20-/m0/s1. The molecule has 1 atom stereocenters. The fraction of sp³-hybridized carbons (Fsp3) is 0.696. The van der Waals surface area contributed by atoms with Gasteiger partial charge in [-0.1, -0.05) is 12.8 Å². The van der Waals surface area contributed by atoms with E-state index < -0.39 is 0 Å². The number of hydrogen-bond donors (Lipinski definition) is 2. The molecule has 6 heteroatoms. The van der Waals surface area contributed by atoms with Crippen molar-refractivity contribution in [3.63, 3.8) is 0 Å². The van der Waals surface area contributed by atoms with E-state index in [-0.39, 0.29) is 12.1 Å². The molecule has 3 aliphatic rings. The lowest BCUT2D eigenvalue weighted by molar-refractivity contribution is 0.245. The van der Waals surface area contributed by atoms with Crippen LogP contribution in [0.4, 0.5) is 16.2 Å². The first kappa shape index (κ1) is 20.5. The highest BCUT2D eigenvalue weighted by Crippen LogP contribution is 2.27. The summed E-state index contributed by atoms with van der Waals surface area (Å²) in [6, 6.07) is 6.57. The molecule has 1 saturated carbocycles. The average Bonchev–Trinajstić information content (AvgIpc) is 3.34. The third-order valence-electron chi connectivity index (χ3n) is 6.79. The second kappa shape index (κ2) is 9.35. The summed E-state index contributed by atoms with van der Waals surface area (Å²) in [6.45, 7) is 9.64. The van der Waals surface area contributed by atoms with Crippen molar-refractivity contribution in [3.8, 4) is 0 Å². The Bertz CT molecular complexity index is 695. The van der Waals surface area contributed by atoms with Crippen molar-refractivity contribution >= 4 is 17.4 Å². The Labute approximate surface area is 175 Å². The minimum atomic E-state index is -0.0763. The molecule has 0 bridgehead atoms. The number of nitrogens with zero attached hydrogens (tertiary/aromatic N) is 3. The molecule has 1 aromatic rings. The highest BCUT2D eigenvalue weighted by Gasteiger charge is 2.27. The fourth-order valence-electron chi connectivity index (χ4n) is 5.11. The summed E-state index contributed by atoms with van der Waals surface area (Å²) in [5.74, 6) is 0.878. The molecule has 2 aliphatic heterocycles. The predicted octanol–water partition coefficient (Wildman–Crippen LogP) is 3.13. The average molecular weight is 400 g/mol. The van der Waals surface area contributed by atoms with E-state index in [1.54, 1.807) is 0 Å². The maximum Gasteiger partial charge on any atom is 0.319 e. The number of carbonyl (C=O) groups is 1. The molecule has 3 fully saturated rings. The number of amides is 2. The van der Waals surface area contributed by atoms with Crippen LogP contribution in [0.25, 0.3) is 0 Å². The van der Waals surface area contributed by atoms with Crippen LogP contribution >= 0.6 is 0 Å². The van der Waals surface area contributed by atoms with Crippen LogP contribution in [0, 0.1) is 12.8 Å². The molecule has 0 spiro atoms. The summed E-state index contributed by atoms with van der Waals surface area (Å²) < 4.78 is 0. The van der Waals surface area contributed by atoms with Gasteiger partial charge >= 0.3 is 6.03 Å². The van der Waals surface area contributed by atoms with Gasteiger partial charge in [-0.25, -0.2) is 4.79 Å². The molecule has 2 amide bonds. The Kier molecular flexibility index (Phi) is 6.60. The molecule has 29 heavy (non-hydrogen) atoms. The summed E-state index contributed by atoms with van der Waals surface area (Å²) in [5, 5.41) is 6.27. The lowest BCUT2D eigenvalue weighted by atomic mass is 10.1. The number of piperazine rings is 1. The Hall–Kier alpha value is -1.79. The number of anilines is 2. The molecular weight excluding hydrogens is 362 g/mol. The fourth-order valence-corrected chi connectivity index (χ4v) is 5.11. The van der Waals surface area contributed by atoms with Crippen molar-refractivity contribution < 1.29 is 4.79 Å². The highest BCUT2D eigenvalue weighted by molar-refractivity contribution is 5.90. The lowest BCUT2D eigenvalue weighted by Gasteiger charge is -2.34. The molecule has 0 radical (unpaired) electrons. The van der Waals surface area contributed by atoms with Gasteiger partial charge in [-0.15, -0.1) is 0 Å². The van der Waals surface area contributed by atoms with Crippen LogP contribution in [0.5, 0.6) is 0 Å². The Balaban J connectivity index is 1.28. The van der Waals surface area contributed by atoms with Crippen molar-refractivity contribution in [2.45, 2.75) is 45.1 Å². The second-order valence-corrected chi connectivity index (χ2v) is 9.34. The van der Waals surface area contributed by atoms with Gasteiger partial charge in [0.1, 0.15) is 0 Å². The van der Waals surface area contributed by atoms with E-state index in [0.29, 0.717) is 0 Å². The maximum atomic E-state index is 12.6. The van der Waals surface area contributed by atoms with Gasteiger partial charge in [0.2, 0.25) is 0 Å². The Morgan fingerprint density at radius 3 is 2.55 bits per heavy atom. The molecule has 2 heterocycles. The van der Waals surface area contributed by atoms with Gasteiger partial charge in [0.05, 0.1) is 0 Å². The van der Waals surface area contributed by atoms with Gasteiger partial charge in [0.15, 0.2) is 0 Å². The monoisotopic (exact) mass is 399 g/mol. The first-order chi connectivity index (χ1) is 14.0. The summed E-state index contributed by atoms with van der Waals surface area (Å²) >= 11 is 0. The summed E-state index contributed by atoms with van der Waals surface area (Å²) in [5.41, 5.74) is 3.27. The second-order valence-electron chi connectivity index (χ2n) is 9.34. The van der Waals surface area contributed by atoms with E-state index in [9.17, 15) is 4.79 Å². The van der Waals surface area contributed by atoms with Gasteiger partial charge in [-0.3, -0.25) is 0 Å². The summed E-state index contributed by atoms with van der Waals surface area (Å²) in [6.07, 6.45) is 6.63. The lowest BCUT2D eigenvalue weighted by Crippen LogP contribution is -2.44. The van der Waals surface area contributed by atoms with Gasteiger partial charge in [0.25, 0.3) is 0 Å². The smallest absolute Gasteiger partial charge is 0.319 e. The molecule has 0 aromatic heterocycles. The normalized spacial score (nSPS) is 24.2. The SMILES string of the molecule is Cc1cc(NC(=O)N[C@H]2CCN(CC3CCCC3)C2)cc(N2CCN(C)CC2)c1. The third kappa shape index (κ3) is 5.64. The molecule has 2 N–H and O–H groups in total. The zero-order chi connectivity index (χ0) is 20.2. The molecule has 160 valence electrons. The van der Waals surface area contributed by atoms with Crippen LogP contribution in [-0.2, 0) is 0 Å². The van der Waals surface area contributed by atoms with Crippen molar-refractivity contribution in [1.82, 2.24) is 15.1 Å². The van der Waals surface area contributed by atoms with Gasteiger partial charge in [0, 0.05) is 63.2 Å². The Morgan fingerprint density at radius 2 is 1.79 bits per heavy atom. The first-order valence-electron chi connectivity index (χ1n) is 11.4. The summed E-state index contributed by atoms with van der Waals surface area (Å²) in [7, 11) is 2.17. The number of likely N-dealkylation sites (N-methyl/N-ethyl adjacent to an activating group) is 1. The van der Waals surface area contributed by atoms with E-state index in [1.165, 1.54) is 43.5 Å². The zero-order valence-electron chi connectivity index (χ0n) is 18.1. The van der Waals surface area contributed by atoms with Crippen LogP contribution in [0.15, 0.2) is 18.2 Å². The van der Waals surface area contributed by atoms with Crippen LogP contribution in [0.1, 0.15) is 37.7 Å². The minimum Gasteiger partial charge on any atom is -0.369 e. The quantitative estimate of drug-likeness (QED) is 0.799. The first-order valence-corrected chi connectivity index (χ1v) is 11.4. The number of urea groups is 1. The molecule has 4 rings (SSSR count). The van der Waals surface area contributed by atoms with E-state index in [2.05, 4.69) is 57.5 Å². The van der Waals surface area contributed by atoms with E-state index in [1.807, 2.05) is 0 Å². The molecular formula is C23H37N5O. The van der Waals surface area contributed by atoms with Crippen LogP contribution < -0.4 is 15.5 Å². The predicted molar refractivity (Wildman–Crippen MR) is 120 cm³/mol. The van der Waals surface area contributed by atoms with Crippen molar-refractivity contribution in [2.24, 2.45) is 5.92 Å². The van der Waals surface area contributed by atoms with E-state index >= 15 is 0 Å². The number of hydrogen-bond acceptors (Lipinski definition) is 4. The number of aryl methyl sites for hydroxylation is 1. The molecule has 1 aliphatic carbocycles. The van der Waals surface area contributed by atoms with E-state index in [4.69, 9.17) is 0 Å². The number of carbonyl (C=O) groups excluding carboxylic acids is 1. The van der Waals surface area contributed by atoms with Gasteiger partial charge in [-0.2, -0.15) is 0 Å². The summed E-state index contributed by atoms with van der Waals surface area (Å²) in [4.78, 5) is 19.9. The molecule has 0 unspecified atom stereocenters. The van der Waals surface area contributed by atoms with Crippen LogP contribution in [-0.4, -0.2) is 74.7 Å². The maximum absolute atomic E-state index is 12.6. The van der Waals surface area contributed by atoms with Gasteiger partial charge < -0.3 is 25.3 Å². The highest BCUT2D eigenvalue weighted by atomic mass is 16.2.